The third-order valence-corrected chi connectivity index (χ3v) is 6.89. The van der Waals surface area contributed by atoms with Crippen molar-refractivity contribution in [3.8, 4) is 11.3 Å². The van der Waals surface area contributed by atoms with Gasteiger partial charge in [-0.05, 0) is 61.8 Å². The fraction of sp³-hybridized carbons (Fsp3) is 0.407. The Morgan fingerprint density at radius 3 is 2.47 bits per heavy atom. The van der Waals surface area contributed by atoms with E-state index in [2.05, 4.69) is 75.8 Å². The van der Waals surface area contributed by atoms with Crippen molar-refractivity contribution in [2.75, 3.05) is 0 Å². The minimum atomic E-state index is 0.382. The maximum Gasteiger partial charge on any atom is 0.227 e. The Balaban J connectivity index is 1.77. The zero-order valence-corrected chi connectivity index (χ0v) is 18.7. The molecule has 3 aromatic heterocycles. The van der Waals surface area contributed by atoms with Gasteiger partial charge < -0.3 is 4.42 Å². The van der Waals surface area contributed by atoms with Crippen molar-refractivity contribution in [1.82, 2.24) is 4.98 Å². The van der Waals surface area contributed by atoms with Crippen LogP contribution in [-0.2, 0) is 7.05 Å². The molecule has 3 heteroatoms. The molecule has 0 radical (unpaired) electrons. The van der Waals surface area contributed by atoms with E-state index in [-0.39, 0.29) is 0 Å². The molecule has 0 amide bonds. The number of aromatic nitrogens is 2. The van der Waals surface area contributed by atoms with Gasteiger partial charge in [-0.1, -0.05) is 38.8 Å². The number of benzene rings is 1. The number of nitrogens with zero attached hydrogens (tertiary/aromatic N) is 2. The molecule has 30 heavy (non-hydrogen) atoms. The van der Waals surface area contributed by atoms with Crippen LogP contribution in [0.1, 0.15) is 73.8 Å². The quantitative estimate of drug-likeness (QED) is 0.352. The van der Waals surface area contributed by atoms with Crippen LogP contribution in [0.4, 0.5) is 0 Å². The summed E-state index contributed by atoms with van der Waals surface area (Å²) >= 11 is 0. The lowest BCUT2D eigenvalue weighted by Gasteiger charge is -2.14. The number of fused-ring (bicyclic) bond motifs is 3. The molecule has 3 heterocycles. The predicted molar refractivity (Wildman–Crippen MR) is 123 cm³/mol. The van der Waals surface area contributed by atoms with Gasteiger partial charge in [0.05, 0.1) is 5.56 Å². The van der Waals surface area contributed by atoms with Crippen molar-refractivity contribution in [2.24, 2.45) is 7.05 Å². The normalized spacial score (nSPS) is 15.1. The van der Waals surface area contributed by atoms with Gasteiger partial charge in [0.15, 0.2) is 11.8 Å². The Bertz CT molecular complexity index is 1260. The summed E-state index contributed by atoms with van der Waals surface area (Å²) in [6.45, 7) is 8.78. The molecule has 5 rings (SSSR count). The summed E-state index contributed by atoms with van der Waals surface area (Å²) in [6.07, 6.45) is 7.61. The first-order chi connectivity index (χ1) is 14.4. The van der Waals surface area contributed by atoms with Gasteiger partial charge in [-0.15, -0.1) is 0 Å². The van der Waals surface area contributed by atoms with E-state index in [1.807, 2.05) is 0 Å². The van der Waals surface area contributed by atoms with Crippen molar-refractivity contribution >= 4 is 22.1 Å². The highest BCUT2D eigenvalue weighted by atomic mass is 16.3. The van der Waals surface area contributed by atoms with E-state index in [0.29, 0.717) is 11.8 Å². The van der Waals surface area contributed by atoms with Crippen molar-refractivity contribution in [3.63, 3.8) is 0 Å². The summed E-state index contributed by atoms with van der Waals surface area (Å²) in [4.78, 5) is 4.82. The molecule has 0 spiro atoms. The summed E-state index contributed by atoms with van der Waals surface area (Å²) in [6, 6.07) is 11.1. The van der Waals surface area contributed by atoms with Crippen molar-refractivity contribution in [3.05, 3.63) is 58.9 Å². The van der Waals surface area contributed by atoms with E-state index in [9.17, 15) is 0 Å². The molecule has 0 saturated heterocycles. The zero-order valence-electron chi connectivity index (χ0n) is 18.7. The van der Waals surface area contributed by atoms with Crippen LogP contribution in [0, 0.1) is 13.8 Å². The Kier molecular flexibility index (Phi) is 4.65. The smallest absolute Gasteiger partial charge is 0.227 e. The predicted octanol–water partition coefficient (Wildman–Crippen LogP) is 6.87. The van der Waals surface area contributed by atoms with E-state index in [4.69, 9.17) is 9.40 Å². The molecule has 0 atom stereocenters. The first-order valence-electron chi connectivity index (χ1n) is 11.3. The van der Waals surface area contributed by atoms with E-state index in [1.165, 1.54) is 53.6 Å². The maximum absolute atomic E-state index is 6.44. The summed E-state index contributed by atoms with van der Waals surface area (Å²) < 4.78 is 8.70. The van der Waals surface area contributed by atoms with Gasteiger partial charge >= 0.3 is 0 Å². The second-order valence-electron chi connectivity index (χ2n) is 9.37. The monoisotopic (exact) mass is 399 g/mol. The van der Waals surface area contributed by atoms with E-state index in [1.54, 1.807) is 0 Å². The van der Waals surface area contributed by atoms with Gasteiger partial charge in [-0.3, -0.25) is 0 Å². The first kappa shape index (κ1) is 19.3. The van der Waals surface area contributed by atoms with Gasteiger partial charge in [0.25, 0.3) is 0 Å². The molecule has 1 saturated carbocycles. The van der Waals surface area contributed by atoms with Crippen LogP contribution in [0.3, 0.4) is 0 Å². The highest BCUT2D eigenvalue weighted by Crippen LogP contribution is 2.40. The SMILES string of the molecule is Cc1c[n+](C)c(-c2c(C)ccc3c2oc2nc(C(C)C)ccc23)cc1C1CCCC1. The summed E-state index contributed by atoms with van der Waals surface area (Å²) in [5.74, 6) is 1.07. The van der Waals surface area contributed by atoms with Crippen LogP contribution in [0.25, 0.3) is 33.3 Å². The minimum Gasteiger partial charge on any atom is -0.437 e. The summed E-state index contributed by atoms with van der Waals surface area (Å²) in [5, 5.41) is 2.25. The fourth-order valence-corrected chi connectivity index (χ4v) is 5.20. The lowest BCUT2D eigenvalue weighted by atomic mass is 9.91. The molecule has 1 aromatic carbocycles. The zero-order chi connectivity index (χ0) is 21.0. The molecular formula is C27H31N2O+. The average molecular weight is 400 g/mol. The summed E-state index contributed by atoms with van der Waals surface area (Å²) in [7, 11) is 2.15. The average Bonchev–Trinajstić information content (AvgIpc) is 3.36. The Labute approximate surface area is 178 Å². The van der Waals surface area contributed by atoms with Gasteiger partial charge in [-0.2, -0.15) is 0 Å². The lowest BCUT2D eigenvalue weighted by molar-refractivity contribution is -0.660. The molecule has 0 N–H and O–H groups in total. The molecule has 1 fully saturated rings. The second kappa shape index (κ2) is 7.23. The number of hydrogen-bond donors (Lipinski definition) is 0. The van der Waals surface area contributed by atoms with E-state index < -0.39 is 0 Å². The van der Waals surface area contributed by atoms with Crippen molar-refractivity contribution < 1.29 is 8.98 Å². The van der Waals surface area contributed by atoms with Crippen LogP contribution in [0.5, 0.6) is 0 Å². The first-order valence-corrected chi connectivity index (χ1v) is 11.3. The van der Waals surface area contributed by atoms with E-state index >= 15 is 0 Å². The molecule has 0 unspecified atom stereocenters. The van der Waals surface area contributed by atoms with Crippen molar-refractivity contribution in [1.29, 1.82) is 0 Å². The number of aryl methyl sites for hydroxylation is 3. The second-order valence-corrected chi connectivity index (χ2v) is 9.37. The van der Waals surface area contributed by atoms with Gasteiger partial charge in [0.1, 0.15) is 7.05 Å². The maximum atomic E-state index is 6.44. The molecular weight excluding hydrogens is 368 g/mol. The van der Waals surface area contributed by atoms with Crippen LogP contribution in [0.15, 0.2) is 40.9 Å². The number of hydrogen-bond acceptors (Lipinski definition) is 2. The molecule has 4 aromatic rings. The van der Waals surface area contributed by atoms with Crippen LogP contribution in [-0.4, -0.2) is 4.98 Å². The minimum absolute atomic E-state index is 0.382. The van der Waals surface area contributed by atoms with Crippen LogP contribution < -0.4 is 4.57 Å². The number of rotatable bonds is 3. The number of furan rings is 1. The van der Waals surface area contributed by atoms with Gasteiger partial charge in [0, 0.05) is 28.1 Å². The Hall–Kier alpha value is -2.68. The topological polar surface area (TPSA) is 29.9 Å². The molecule has 0 aliphatic heterocycles. The lowest BCUT2D eigenvalue weighted by Crippen LogP contribution is -2.32. The molecule has 0 bridgehead atoms. The van der Waals surface area contributed by atoms with Crippen molar-refractivity contribution in [2.45, 2.75) is 65.2 Å². The fourth-order valence-electron chi connectivity index (χ4n) is 5.20. The molecule has 154 valence electrons. The third kappa shape index (κ3) is 3.03. The standard InChI is InChI=1S/C27H31N2O/c1-16(2)23-13-12-21-20-11-10-17(3)25(26(20)30-27(21)28-23)24-14-22(18(4)15-29(24)5)19-8-6-7-9-19/h10-16,19H,6-9H2,1-5H3/q+1. The van der Waals surface area contributed by atoms with Crippen LogP contribution in [0.2, 0.25) is 0 Å². The Morgan fingerprint density at radius 1 is 1.00 bits per heavy atom. The molecule has 1 aliphatic carbocycles. The van der Waals surface area contributed by atoms with E-state index in [0.717, 1.165) is 27.8 Å². The van der Waals surface area contributed by atoms with Crippen LogP contribution >= 0.6 is 0 Å². The Morgan fingerprint density at radius 2 is 1.73 bits per heavy atom. The molecule has 1 aliphatic rings. The number of pyridine rings is 2. The molecule has 3 nitrogen and oxygen atoms in total. The highest BCUT2D eigenvalue weighted by molar-refractivity contribution is 6.08. The third-order valence-electron chi connectivity index (χ3n) is 6.89. The largest absolute Gasteiger partial charge is 0.437 e. The van der Waals surface area contributed by atoms with Gasteiger partial charge in [-0.25, -0.2) is 9.55 Å². The highest BCUT2D eigenvalue weighted by Gasteiger charge is 2.26. The van der Waals surface area contributed by atoms with Gasteiger partial charge in [0.2, 0.25) is 11.4 Å². The summed E-state index contributed by atoms with van der Waals surface area (Å²) in [5.41, 5.74) is 9.34.